The van der Waals surface area contributed by atoms with E-state index in [4.69, 9.17) is 4.42 Å². The van der Waals surface area contributed by atoms with Crippen molar-refractivity contribution in [3.63, 3.8) is 0 Å². The summed E-state index contributed by atoms with van der Waals surface area (Å²) < 4.78 is 7.42. The molecule has 0 aliphatic carbocycles. The van der Waals surface area contributed by atoms with Crippen LogP contribution in [0, 0.1) is 0 Å². The van der Waals surface area contributed by atoms with Crippen molar-refractivity contribution in [2.24, 2.45) is 0 Å². The second kappa shape index (κ2) is 7.14. The summed E-state index contributed by atoms with van der Waals surface area (Å²) in [4.78, 5) is 27.6. The van der Waals surface area contributed by atoms with Gasteiger partial charge in [0.25, 0.3) is 5.91 Å². The molecule has 0 fully saturated rings. The van der Waals surface area contributed by atoms with Crippen LogP contribution in [0.25, 0.3) is 5.69 Å². The largest absolute Gasteiger partial charge is 0.444 e. The third kappa shape index (κ3) is 3.90. The number of hydrogen-bond donors (Lipinski definition) is 2. The van der Waals surface area contributed by atoms with Crippen LogP contribution in [0.4, 0.5) is 5.69 Å². The van der Waals surface area contributed by atoms with Gasteiger partial charge in [0.05, 0.1) is 12.9 Å². The van der Waals surface area contributed by atoms with Crippen LogP contribution in [0.1, 0.15) is 10.6 Å². The fraction of sp³-hybridized carbons (Fsp3) is 0.0625. The molecule has 3 rings (SSSR count). The molecule has 0 atom stereocenters. The Morgan fingerprint density at radius 1 is 1.17 bits per heavy atom. The van der Waals surface area contributed by atoms with Crippen molar-refractivity contribution >= 4 is 33.4 Å². The van der Waals surface area contributed by atoms with Crippen molar-refractivity contribution in [3.8, 4) is 5.69 Å². The molecule has 122 valence electrons. The molecule has 0 saturated carbocycles. The summed E-state index contributed by atoms with van der Waals surface area (Å²) in [5.74, 6) is -0.644. The molecular formula is C16H13BrN4O3. The van der Waals surface area contributed by atoms with E-state index in [0.717, 1.165) is 5.69 Å². The van der Waals surface area contributed by atoms with Crippen molar-refractivity contribution in [2.45, 2.75) is 0 Å². The zero-order valence-corrected chi connectivity index (χ0v) is 14.0. The number of anilines is 1. The minimum absolute atomic E-state index is 0.138. The fourth-order valence-electron chi connectivity index (χ4n) is 2.02. The minimum atomic E-state index is -0.452. The number of hydrogen-bond acceptors (Lipinski definition) is 4. The van der Waals surface area contributed by atoms with E-state index < -0.39 is 5.91 Å². The van der Waals surface area contributed by atoms with Crippen molar-refractivity contribution in [2.75, 3.05) is 11.9 Å². The van der Waals surface area contributed by atoms with Crippen LogP contribution in [-0.2, 0) is 4.79 Å². The maximum absolute atomic E-state index is 11.9. The molecule has 24 heavy (non-hydrogen) atoms. The molecule has 0 unspecified atom stereocenters. The lowest BCUT2D eigenvalue weighted by molar-refractivity contribution is -0.115. The lowest BCUT2D eigenvalue weighted by Crippen LogP contribution is -2.32. The van der Waals surface area contributed by atoms with E-state index in [-0.39, 0.29) is 18.2 Å². The van der Waals surface area contributed by atoms with E-state index in [0.29, 0.717) is 10.4 Å². The first-order valence-electron chi connectivity index (χ1n) is 7.03. The number of halogens is 1. The number of imidazole rings is 1. The van der Waals surface area contributed by atoms with Gasteiger partial charge in [0.1, 0.15) is 0 Å². The Hall–Kier alpha value is -2.87. The summed E-state index contributed by atoms with van der Waals surface area (Å²) in [6, 6.07) is 10.4. The minimum Gasteiger partial charge on any atom is -0.444 e. The van der Waals surface area contributed by atoms with Gasteiger partial charge < -0.3 is 19.6 Å². The van der Waals surface area contributed by atoms with E-state index in [9.17, 15) is 9.59 Å². The van der Waals surface area contributed by atoms with Gasteiger partial charge in [0.15, 0.2) is 10.4 Å². The zero-order valence-electron chi connectivity index (χ0n) is 12.4. The highest BCUT2D eigenvalue weighted by Gasteiger charge is 2.11. The lowest BCUT2D eigenvalue weighted by Gasteiger charge is -2.07. The molecule has 3 aromatic rings. The molecule has 7 nitrogen and oxygen atoms in total. The molecule has 0 aliphatic rings. The Balaban J connectivity index is 1.52. The predicted octanol–water partition coefficient (Wildman–Crippen LogP) is 2.60. The number of furan rings is 1. The summed E-state index contributed by atoms with van der Waals surface area (Å²) in [7, 11) is 0. The number of carbonyl (C=O) groups excluding carboxylic acids is 2. The van der Waals surface area contributed by atoms with Gasteiger partial charge in [-0.1, -0.05) is 0 Å². The first kappa shape index (κ1) is 16.0. The molecule has 0 spiro atoms. The predicted molar refractivity (Wildman–Crippen MR) is 90.9 cm³/mol. The number of aromatic nitrogens is 2. The SMILES string of the molecule is O=C(CNC(=O)c1ccc(Br)o1)Nc1ccc(-n2ccnc2)cc1. The summed E-state index contributed by atoms with van der Waals surface area (Å²) in [5.41, 5.74) is 1.57. The van der Waals surface area contributed by atoms with Gasteiger partial charge in [-0.05, 0) is 52.3 Å². The highest BCUT2D eigenvalue weighted by atomic mass is 79.9. The second-order valence-electron chi connectivity index (χ2n) is 4.85. The Morgan fingerprint density at radius 3 is 2.58 bits per heavy atom. The van der Waals surface area contributed by atoms with Crippen LogP contribution < -0.4 is 10.6 Å². The Labute approximate surface area is 145 Å². The van der Waals surface area contributed by atoms with Crippen molar-refractivity contribution in [1.29, 1.82) is 0 Å². The van der Waals surface area contributed by atoms with Gasteiger partial charge in [-0.2, -0.15) is 0 Å². The average Bonchev–Trinajstić information content (AvgIpc) is 3.25. The molecule has 0 saturated heterocycles. The average molecular weight is 389 g/mol. The van der Waals surface area contributed by atoms with Crippen LogP contribution >= 0.6 is 15.9 Å². The van der Waals surface area contributed by atoms with E-state index in [1.807, 2.05) is 22.9 Å². The highest BCUT2D eigenvalue weighted by Crippen LogP contribution is 2.14. The zero-order chi connectivity index (χ0) is 16.9. The maximum atomic E-state index is 11.9. The van der Waals surface area contributed by atoms with Crippen LogP contribution in [0.5, 0.6) is 0 Å². The Kier molecular flexibility index (Phi) is 4.76. The molecule has 2 N–H and O–H groups in total. The van der Waals surface area contributed by atoms with E-state index >= 15 is 0 Å². The smallest absolute Gasteiger partial charge is 0.287 e. The van der Waals surface area contributed by atoms with Gasteiger partial charge in [0.2, 0.25) is 5.91 Å². The van der Waals surface area contributed by atoms with Gasteiger partial charge in [-0.15, -0.1) is 0 Å². The van der Waals surface area contributed by atoms with Gasteiger partial charge in [-0.3, -0.25) is 9.59 Å². The van der Waals surface area contributed by atoms with Gasteiger partial charge in [0, 0.05) is 23.8 Å². The number of nitrogens with one attached hydrogen (secondary N) is 2. The normalized spacial score (nSPS) is 10.4. The lowest BCUT2D eigenvalue weighted by atomic mass is 10.2. The number of nitrogens with zero attached hydrogens (tertiary/aromatic N) is 2. The van der Waals surface area contributed by atoms with Crippen LogP contribution in [0.2, 0.25) is 0 Å². The Morgan fingerprint density at radius 2 is 1.96 bits per heavy atom. The first-order valence-corrected chi connectivity index (χ1v) is 7.83. The van der Waals surface area contributed by atoms with Gasteiger partial charge in [-0.25, -0.2) is 4.98 Å². The molecule has 2 heterocycles. The molecule has 0 radical (unpaired) electrons. The van der Waals surface area contributed by atoms with Crippen LogP contribution in [-0.4, -0.2) is 27.9 Å². The van der Waals surface area contributed by atoms with E-state index in [1.54, 1.807) is 30.7 Å². The summed E-state index contributed by atoms with van der Waals surface area (Å²) in [6.07, 6.45) is 5.21. The molecular weight excluding hydrogens is 376 g/mol. The topological polar surface area (TPSA) is 89.2 Å². The highest BCUT2D eigenvalue weighted by molar-refractivity contribution is 9.10. The van der Waals surface area contributed by atoms with Crippen LogP contribution in [0.15, 0.2) is 64.2 Å². The van der Waals surface area contributed by atoms with Crippen molar-refractivity contribution in [1.82, 2.24) is 14.9 Å². The van der Waals surface area contributed by atoms with E-state index in [2.05, 4.69) is 31.5 Å². The molecule has 0 aliphatic heterocycles. The summed E-state index contributed by atoms with van der Waals surface area (Å²) in [5, 5.41) is 5.20. The number of rotatable bonds is 5. The van der Waals surface area contributed by atoms with Crippen molar-refractivity contribution < 1.29 is 14.0 Å². The monoisotopic (exact) mass is 388 g/mol. The quantitative estimate of drug-likeness (QED) is 0.702. The number of carbonyl (C=O) groups is 2. The number of benzene rings is 1. The third-order valence-electron chi connectivity index (χ3n) is 3.16. The van der Waals surface area contributed by atoms with Crippen LogP contribution in [0.3, 0.4) is 0 Å². The molecule has 0 bridgehead atoms. The summed E-state index contributed by atoms with van der Waals surface area (Å²) in [6.45, 7) is -0.152. The molecule has 1 aromatic carbocycles. The molecule has 2 aromatic heterocycles. The number of amides is 2. The Bertz CT molecular complexity index is 841. The maximum Gasteiger partial charge on any atom is 0.287 e. The molecule has 2 amide bonds. The third-order valence-corrected chi connectivity index (χ3v) is 3.59. The fourth-order valence-corrected chi connectivity index (χ4v) is 2.32. The van der Waals surface area contributed by atoms with Gasteiger partial charge >= 0.3 is 0 Å². The molecule has 8 heteroatoms. The van der Waals surface area contributed by atoms with E-state index in [1.165, 1.54) is 6.07 Å². The first-order chi connectivity index (χ1) is 11.6. The van der Waals surface area contributed by atoms with Crippen molar-refractivity contribution in [3.05, 3.63) is 65.5 Å². The summed E-state index contributed by atoms with van der Waals surface area (Å²) >= 11 is 3.11. The second-order valence-corrected chi connectivity index (χ2v) is 5.63. The standard InChI is InChI=1S/C16H13BrN4O3/c17-14-6-5-13(24-14)16(23)19-9-15(22)20-11-1-3-12(4-2-11)21-8-7-18-10-21/h1-8,10H,9H2,(H,19,23)(H,20,22).